The molecular weight excluding hydrogens is 216 g/mol. The molecule has 0 spiro atoms. The number of anilines is 1. The van der Waals surface area contributed by atoms with E-state index in [1.807, 2.05) is 38.1 Å². The molecule has 1 amide bonds. The van der Waals surface area contributed by atoms with E-state index in [4.69, 9.17) is 10.5 Å². The second-order valence-corrected chi connectivity index (χ2v) is 3.98. The molecule has 0 bridgehead atoms. The Morgan fingerprint density at radius 2 is 2.06 bits per heavy atom. The number of benzene rings is 1. The second-order valence-electron chi connectivity index (χ2n) is 3.98. The Morgan fingerprint density at radius 1 is 1.41 bits per heavy atom. The maximum atomic E-state index is 11.5. The predicted octanol–water partition coefficient (Wildman–Crippen LogP) is 1.90. The molecule has 1 aromatic rings. The zero-order valence-electron chi connectivity index (χ0n) is 10.4. The molecule has 17 heavy (non-hydrogen) atoms. The minimum atomic E-state index is -0.134. The molecule has 0 fully saturated rings. The zero-order chi connectivity index (χ0) is 12.7. The van der Waals surface area contributed by atoms with Crippen LogP contribution in [0.1, 0.15) is 25.8 Å². The highest BCUT2D eigenvalue weighted by molar-refractivity contribution is 5.91. The van der Waals surface area contributed by atoms with Crippen molar-refractivity contribution in [1.29, 1.82) is 0 Å². The third kappa shape index (κ3) is 4.97. The maximum absolute atomic E-state index is 11.5. The van der Waals surface area contributed by atoms with E-state index in [9.17, 15) is 4.79 Å². The van der Waals surface area contributed by atoms with Crippen molar-refractivity contribution in [2.24, 2.45) is 5.73 Å². The van der Waals surface area contributed by atoms with E-state index in [0.717, 1.165) is 17.7 Å². The summed E-state index contributed by atoms with van der Waals surface area (Å²) < 4.78 is 5.34. The van der Waals surface area contributed by atoms with Gasteiger partial charge in [-0.1, -0.05) is 19.1 Å². The van der Waals surface area contributed by atoms with Crippen molar-refractivity contribution in [1.82, 2.24) is 0 Å². The van der Waals surface area contributed by atoms with E-state index in [-0.39, 0.29) is 18.6 Å². The molecule has 0 heterocycles. The summed E-state index contributed by atoms with van der Waals surface area (Å²) in [5.41, 5.74) is 7.29. The molecule has 0 aliphatic heterocycles. The molecule has 1 atom stereocenters. The molecular formula is C13H20N2O2. The van der Waals surface area contributed by atoms with Gasteiger partial charge in [-0.2, -0.15) is 0 Å². The van der Waals surface area contributed by atoms with Crippen LogP contribution in [0.15, 0.2) is 24.3 Å². The summed E-state index contributed by atoms with van der Waals surface area (Å²) in [6, 6.07) is 7.46. The van der Waals surface area contributed by atoms with Gasteiger partial charge in [-0.3, -0.25) is 4.79 Å². The first-order chi connectivity index (χ1) is 8.15. The van der Waals surface area contributed by atoms with Gasteiger partial charge < -0.3 is 15.8 Å². The van der Waals surface area contributed by atoms with E-state index >= 15 is 0 Å². The first-order valence-corrected chi connectivity index (χ1v) is 5.86. The standard InChI is InChI=1S/C13H20N2O2/c1-3-10(2)17-9-13(16)15-12-6-4-11(8-14)5-7-12/h4-7,10H,3,8-9,14H2,1-2H3,(H,15,16). The molecule has 0 aromatic heterocycles. The lowest BCUT2D eigenvalue weighted by Crippen LogP contribution is -2.21. The Balaban J connectivity index is 2.39. The highest BCUT2D eigenvalue weighted by Crippen LogP contribution is 2.09. The van der Waals surface area contributed by atoms with Gasteiger partial charge in [-0.15, -0.1) is 0 Å². The van der Waals surface area contributed by atoms with Crippen LogP contribution in [-0.2, 0) is 16.1 Å². The molecule has 0 radical (unpaired) electrons. The zero-order valence-corrected chi connectivity index (χ0v) is 10.4. The fourth-order valence-electron chi connectivity index (χ4n) is 1.26. The third-order valence-electron chi connectivity index (χ3n) is 2.55. The van der Waals surface area contributed by atoms with Crippen molar-refractivity contribution in [2.75, 3.05) is 11.9 Å². The molecule has 0 aliphatic rings. The molecule has 1 rings (SSSR count). The number of amides is 1. The Kier molecular flexibility index (Phi) is 5.66. The van der Waals surface area contributed by atoms with E-state index in [2.05, 4.69) is 5.32 Å². The van der Waals surface area contributed by atoms with E-state index in [0.29, 0.717) is 6.54 Å². The van der Waals surface area contributed by atoms with Crippen LogP contribution < -0.4 is 11.1 Å². The average molecular weight is 236 g/mol. The Hall–Kier alpha value is -1.39. The number of ether oxygens (including phenoxy) is 1. The summed E-state index contributed by atoms with van der Waals surface area (Å²) in [5.74, 6) is -0.134. The fourth-order valence-corrected chi connectivity index (χ4v) is 1.26. The van der Waals surface area contributed by atoms with Gasteiger partial charge >= 0.3 is 0 Å². The number of nitrogens with two attached hydrogens (primary N) is 1. The summed E-state index contributed by atoms with van der Waals surface area (Å²) in [5, 5.41) is 2.77. The van der Waals surface area contributed by atoms with Gasteiger partial charge in [0, 0.05) is 12.2 Å². The Morgan fingerprint density at radius 3 is 2.59 bits per heavy atom. The summed E-state index contributed by atoms with van der Waals surface area (Å²) >= 11 is 0. The van der Waals surface area contributed by atoms with Crippen LogP contribution in [-0.4, -0.2) is 18.6 Å². The number of hydrogen-bond acceptors (Lipinski definition) is 3. The molecule has 0 aliphatic carbocycles. The number of hydrogen-bond donors (Lipinski definition) is 2. The van der Waals surface area contributed by atoms with E-state index in [1.165, 1.54) is 0 Å². The minimum Gasteiger partial charge on any atom is -0.369 e. The quantitative estimate of drug-likeness (QED) is 0.793. The van der Waals surface area contributed by atoms with Gasteiger partial charge in [0.05, 0.1) is 6.10 Å². The first-order valence-electron chi connectivity index (χ1n) is 5.86. The van der Waals surface area contributed by atoms with Crippen molar-refractivity contribution in [3.8, 4) is 0 Å². The van der Waals surface area contributed by atoms with Crippen LogP contribution in [0, 0.1) is 0 Å². The van der Waals surface area contributed by atoms with E-state index in [1.54, 1.807) is 0 Å². The monoisotopic (exact) mass is 236 g/mol. The van der Waals surface area contributed by atoms with Crippen molar-refractivity contribution < 1.29 is 9.53 Å². The lowest BCUT2D eigenvalue weighted by atomic mass is 10.2. The molecule has 4 heteroatoms. The van der Waals surface area contributed by atoms with Crippen LogP contribution in [0.2, 0.25) is 0 Å². The highest BCUT2D eigenvalue weighted by atomic mass is 16.5. The van der Waals surface area contributed by atoms with Crippen molar-refractivity contribution in [3.05, 3.63) is 29.8 Å². The SMILES string of the molecule is CCC(C)OCC(=O)Nc1ccc(CN)cc1. The van der Waals surface area contributed by atoms with E-state index < -0.39 is 0 Å². The predicted molar refractivity (Wildman–Crippen MR) is 68.7 cm³/mol. The normalized spacial score (nSPS) is 12.2. The number of rotatable bonds is 6. The summed E-state index contributed by atoms with van der Waals surface area (Å²) in [6.45, 7) is 4.57. The van der Waals surface area contributed by atoms with Crippen LogP contribution in [0.4, 0.5) is 5.69 Å². The molecule has 94 valence electrons. The maximum Gasteiger partial charge on any atom is 0.250 e. The fraction of sp³-hybridized carbons (Fsp3) is 0.462. The molecule has 1 aromatic carbocycles. The van der Waals surface area contributed by atoms with Crippen LogP contribution in [0.3, 0.4) is 0 Å². The lowest BCUT2D eigenvalue weighted by Gasteiger charge is -2.10. The average Bonchev–Trinajstić information content (AvgIpc) is 2.36. The van der Waals surface area contributed by atoms with Gasteiger partial charge in [-0.25, -0.2) is 0 Å². The Labute approximate surface area is 102 Å². The summed E-state index contributed by atoms with van der Waals surface area (Å²) in [4.78, 5) is 11.5. The van der Waals surface area contributed by atoms with Crippen LogP contribution >= 0.6 is 0 Å². The van der Waals surface area contributed by atoms with Gasteiger partial charge in [0.25, 0.3) is 0 Å². The molecule has 0 saturated carbocycles. The third-order valence-corrected chi connectivity index (χ3v) is 2.55. The molecule has 0 saturated heterocycles. The lowest BCUT2D eigenvalue weighted by molar-refractivity contribution is -0.122. The molecule has 4 nitrogen and oxygen atoms in total. The van der Waals surface area contributed by atoms with Gasteiger partial charge in [0.15, 0.2) is 0 Å². The Bertz CT molecular complexity index is 349. The van der Waals surface area contributed by atoms with Crippen molar-refractivity contribution in [3.63, 3.8) is 0 Å². The van der Waals surface area contributed by atoms with Crippen molar-refractivity contribution in [2.45, 2.75) is 32.9 Å². The van der Waals surface area contributed by atoms with Gasteiger partial charge in [-0.05, 0) is 31.0 Å². The number of carbonyl (C=O) groups excluding carboxylic acids is 1. The topological polar surface area (TPSA) is 64.3 Å². The smallest absolute Gasteiger partial charge is 0.250 e. The second kappa shape index (κ2) is 7.04. The molecule has 1 unspecified atom stereocenters. The van der Waals surface area contributed by atoms with Crippen LogP contribution in [0.25, 0.3) is 0 Å². The highest BCUT2D eigenvalue weighted by Gasteiger charge is 2.05. The van der Waals surface area contributed by atoms with Crippen LogP contribution in [0.5, 0.6) is 0 Å². The summed E-state index contributed by atoms with van der Waals surface area (Å²) in [6.07, 6.45) is 1.01. The van der Waals surface area contributed by atoms with Crippen molar-refractivity contribution >= 4 is 11.6 Å². The van der Waals surface area contributed by atoms with Gasteiger partial charge in [0.2, 0.25) is 5.91 Å². The van der Waals surface area contributed by atoms with Gasteiger partial charge in [0.1, 0.15) is 6.61 Å². The largest absolute Gasteiger partial charge is 0.369 e. The minimum absolute atomic E-state index is 0.0909. The molecule has 3 N–H and O–H groups in total. The number of carbonyl (C=O) groups is 1. The first kappa shape index (κ1) is 13.7. The summed E-state index contributed by atoms with van der Waals surface area (Å²) in [7, 11) is 0. The number of nitrogens with one attached hydrogen (secondary N) is 1.